The summed E-state index contributed by atoms with van der Waals surface area (Å²) in [6.07, 6.45) is 0. The van der Waals surface area contributed by atoms with Crippen molar-refractivity contribution in [2.45, 2.75) is 31.3 Å². The summed E-state index contributed by atoms with van der Waals surface area (Å²) < 4.78 is 2.03. The van der Waals surface area contributed by atoms with Crippen LogP contribution in [-0.4, -0.2) is 14.8 Å². The zero-order valence-electron chi connectivity index (χ0n) is 14.6. The molecular formula is C19H21ClN4S. The van der Waals surface area contributed by atoms with E-state index < -0.39 is 0 Å². The molecule has 2 aromatic carbocycles. The Labute approximate surface area is 157 Å². The fourth-order valence-corrected chi connectivity index (χ4v) is 3.86. The molecule has 3 aromatic rings. The van der Waals surface area contributed by atoms with E-state index in [9.17, 15) is 0 Å². The first-order valence-corrected chi connectivity index (χ1v) is 9.47. The minimum absolute atomic E-state index is 0.641. The summed E-state index contributed by atoms with van der Waals surface area (Å²) >= 11 is 7.86. The maximum absolute atomic E-state index is 6.22. The average Bonchev–Trinajstić information content (AvgIpc) is 2.94. The van der Waals surface area contributed by atoms with Crippen molar-refractivity contribution in [2.24, 2.45) is 7.05 Å². The van der Waals surface area contributed by atoms with Crippen LogP contribution in [0.3, 0.4) is 0 Å². The summed E-state index contributed by atoms with van der Waals surface area (Å²) in [6.45, 7) is 4.86. The fraction of sp³-hybridized carbons (Fsp3) is 0.263. The predicted octanol–water partition coefficient (Wildman–Crippen LogP) is 4.99. The van der Waals surface area contributed by atoms with Gasteiger partial charge in [-0.25, -0.2) is 0 Å². The minimum Gasteiger partial charge on any atom is -0.377 e. The topological polar surface area (TPSA) is 42.7 Å². The molecule has 0 aliphatic carbocycles. The van der Waals surface area contributed by atoms with Gasteiger partial charge in [0.2, 0.25) is 0 Å². The molecule has 0 aliphatic rings. The van der Waals surface area contributed by atoms with Crippen molar-refractivity contribution < 1.29 is 0 Å². The number of benzene rings is 2. The lowest BCUT2D eigenvalue weighted by molar-refractivity contribution is 0.744. The Hall–Kier alpha value is -1.98. The molecule has 0 radical (unpaired) electrons. The quantitative estimate of drug-likeness (QED) is 0.619. The van der Waals surface area contributed by atoms with Gasteiger partial charge >= 0.3 is 0 Å². The maximum Gasteiger partial charge on any atom is 0.191 e. The molecule has 0 saturated carbocycles. The standard InChI is InChI=1S/C19H21ClN4S/c1-13-7-6-8-14(2)18(13)21-11-17-22-23-19(24(17)3)25-12-15-9-4-5-10-16(15)20/h4-10,21H,11-12H2,1-3H3. The molecule has 0 unspecified atom stereocenters. The Balaban J connectivity index is 1.66. The molecule has 0 amide bonds. The molecule has 25 heavy (non-hydrogen) atoms. The Morgan fingerprint density at radius 2 is 1.76 bits per heavy atom. The second-order valence-corrected chi connectivity index (χ2v) is 7.31. The van der Waals surface area contributed by atoms with Crippen LogP contribution in [-0.2, 0) is 19.3 Å². The van der Waals surface area contributed by atoms with Crippen LogP contribution in [0, 0.1) is 13.8 Å². The van der Waals surface area contributed by atoms with Crippen LogP contribution >= 0.6 is 23.4 Å². The third kappa shape index (κ3) is 4.17. The largest absolute Gasteiger partial charge is 0.377 e. The van der Waals surface area contributed by atoms with Gasteiger partial charge in [0.15, 0.2) is 11.0 Å². The molecule has 1 heterocycles. The monoisotopic (exact) mass is 372 g/mol. The second-order valence-electron chi connectivity index (χ2n) is 5.96. The summed E-state index contributed by atoms with van der Waals surface area (Å²) in [6, 6.07) is 14.2. The Morgan fingerprint density at radius 3 is 2.48 bits per heavy atom. The molecule has 0 saturated heterocycles. The number of hydrogen-bond acceptors (Lipinski definition) is 4. The van der Waals surface area contributed by atoms with Gasteiger partial charge in [0.05, 0.1) is 6.54 Å². The van der Waals surface area contributed by atoms with Crippen LogP contribution in [0.15, 0.2) is 47.6 Å². The minimum atomic E-state index is 0.641. The van der Waals surface area contributed by atoms with E-state index in [1.165, 1.54) is 11.1 Å². The highest BCUT2D eigenvalue weighted by Crippen LogP contribution is 2.26. The number of nitrogens with one attached hydrogen (secondary N) is 1. The number of para-hydroxylation sites is 1. The van der Waals surface area contributed by atoms with Crippen molar-refractivity contribution in [2.75, 3.05) is 5.32 Å². The Kier molecular flexibility index (Phi) is 5.66. The molecule has 1 N–H and O–H groups in total. The molecule has 130 valence electrons. The van der Waals surface area contributed by atoms with E-state index in [0.717, 1.165) is 33.0 Å². The van der Waals surface area contributed by atoms with Crippen LogP contribution < -0.4 is 5.32 Å². The van der Waals surface area contributed by atoms with Crippen LogP contribution in [0.1, 0.15) is 22.5 Å². The van der Waals surface area contributed by atoms with Crippen molar-refractivity contribution in [3.05, 3.63) is 70.0 Å². The summed E-state index contributed by atoms with van der Waals surface area (Å²) in [4.78, 5) is 0. The van der Waals surface area contributed by atoms with E-state index in [1.807, 2.05) is 35.9 Å². The molecule has 0 bridgehead atoms. The van der Waals surface area contributed by atoms with Gasteiger partial charge in [0, 0.05) is 23.5 Å². The van der Waals surface area contributed by atoms with Crippen molar-refractivity contribution in [3.63, 3.8) is 0 Å². The number of hydrogen-bond donors (Lipinski definition) is 1. The Morgan fingerprint density at radius 1 is 1.04 bits per heavy atom. The number of anilines is 1. The highest BCUT2D eigenvalue weighted by Gasteiger charge is 2.11. The van der Waals surface area contributed by atoms with Gasteiger partial charge in [-0.3, -0.25) is 0 Å². The molecule has 3 rings (SSSR count). The predicted molar refractivity (Wildman–Crippen MR) is 105 cm³/mol. The van der Waals surface area contributed by atoms with Crippen molar-refractivity contribution >= 4 is 29.1 Å². The number of aromatic nitrogens is 3. The maximum atomic E-state index is 6.22. The highest BCUT2D eigenvalue weighted by molar-refractivity contribution is 7.98. The average molecular weight is 373 g/mol. The van der Waals surface area contributed by atoms with Gasteiger partial charge in [-0.1, -0.05) is 59.8 Å². The fourth-order valence-electron chi connectivity index (χ4n) is 2.64. The first-order valence-electron chi connectivity index (χ1n) is 8.11. The van der Waals surface area contributed by atoms with Crippen LogP contribution in [0.25, 0.3) is 0 Å². The highest BCUT2D eigenvalue weighted by atomic mass is 35.5. The number of rotatable bonds is 6. The van der Waals surface area contributed by atoms with E-state index >= 15 is 0 Å². The van der Waals surface area contributed by atoms with E-state index in [-0.39, 0.29) is 0 Å². The summed E-state index contributed by atoms with van der Waals surface area (Å²) in [5.41, 5.74) is 4.73. The number of nitrogens with zero attached hydrogens (tertiary/aromatic N) is 3. The van der Waals surface area contributed by atoms with E-state index in [4.69, 9.17) is 11.6 Å². The first-order chi connectivity index (χ1) is 12.1. The van der Waals surface area contributed by atoms with Gasteiger partial charge in [-0.15, -0.1) is 10.2 Å². The Bertz CT molecular complexity index is 855. The van der Waals surface area contributed by atoms with Gasteiger partial charge in [0.1, 0.15) is 0 Å². The van der Waals surface area contributed by atoms with E-state index in [1.54, 1.807) is 11.8 Å². The lowest BCUT2D eigenvalue weighted by atomic mass is 10.1. The SMILES string of the molecule is Cc1cccc(C)c1NCc1nnc(SCc2ccccc2Cl)n1C. The molecule has 0 atom stereocenters. The number of halogens is 1. The lowest BCUT2D eigenvalue weighted by Crippen LogP contribution is -2.08. The zero-order chi connectivity index (χ0) is 17.8. The summed E-state index contributed by atoms with van der Waals surface area (Å²) in [5.74, 6) is 1.68. The van der Waals surface area contributed by atoms with Crippen molar-refractivity contribution in [1.29, 1.82) is 0 Å². The van der Waals surface area contributed by atoms with Crippen LogP contribution in [0.2, 0.25) is 5.02 Å². The van der Waals surface area contributed by atoms with Crippen LogP contribution in [0.5, 0.6) is 0 Å². The van der Waals surface area contributed by atoms with E-state index in [0.29, 0.717) is 6.54 Å². The zero-order valence-corrected chi connectivity index (χ0v) is 16.2. The first kappa shape index (κ1) is 17.8. The van der Waals surface area contributed by atoms with Crippen molar-refractivity contribution in [1.82, 2.24) is 14.8 Å². The van der Waals surface area contributed by atoms with Crippen LogP contribution in [0.4, 0.5) is 5.69 Å². The normalized spacial score (nSPS) is 10.9. The van der Waals surface area contributed by atoms with E-state index in [2.05, 4.69) is 47.6 Å². The molecular weight excluding hydrogens is 352 g/mol. The molecule has 1 aromatic heterocycles. The molecule has 4 nitrogen and oxygen atoms in total. The van der Waals surface area contributed by atoms with Gasteiger partial charge in [0.25, 0.3) is 0 Å². The lowest BCUT2D eigenvalue weighted by Gasteiger charge is -2.12. The van der Waals surface area contributed by atoms with Gasteiger partial charge < -0.3 is 9.88 Å². The van der Waals surface area contributed by atoms with Gasteiger partial charge in [-0.2, -0.15) is 0 Å². The third-order valence-electron chi connectivity index (χ3n) is 4.14. The summed E-state index contributed by atoms with van der Waals surface area (Å²) in [7, 11) is 2.00. The smallest absolute Gasteiger partial charge is 0.191 e. The molecule has 6 heteroatoms. The molecule has 0 fully saturated rings. The molecule has 0 aliphatic heterocycles. The molecule has 0 spiro atoms. The number of thioether (sulfide) groups is 1. The summed E-state index contributed by atoms with van der Waals surface area (Å²) in [5, 5.41) is 13.8. The van der Waals surface area contributed by atoms with Crippen molar-refractivity contribution in [3.8, 4) is 0 Å². The van der Waals surface area contributed by atoms with Gasteiger partial charge in [-0.05, 0) is 36.6 Å². The third-order valence-corrected chi connectivity index (χ3v) is 5.58. The second kappa shape index (κ2) is 7.93. The number of aryl methyl sites for hydroxylation is 2.